The highest BCUT2D eigenvalue weighted by Crippen LogP contribution is 2.13. The third kappa shape index (κ3) is 3.51. The number of rotatable bonds is 4. The first-order valence-electron chi connectivity index (χ1n) is 4.79. The molecule has 3 N–H and O–H groups in total. The van der Waals surface area contributed by atoms with Crippen molar-refractivity contribution in [2.75, 3.05) is 23.9 Å². The van der Waals surface area contributed by atoms with E-state index in [9.17, 15) is 4.21 Å². The lowest BCUT2D eigenvalue weighted by Gasteiger charge is -2.11. The fraction of sp³-hybridized carbons (Fsp3) is 0.500. The van der Waals surface area contributed by atoms with Crippen LogP contribution in [0, 0.1) is 6.92 Å². The van der Waals surface area contributed by atoms with Gasteiger partial charge in [-0.3, -0.25) is 4.21 Å². The van der Waals surface area contributed by atoms with Crippen LogP contribution >= 0.6 is 0 Å². The van der Waals surface area contributed by atoms with Crippen molar-refractivity contribution in [2.24, 2.45) is 0 Å². The van der Waals surface area contributed by atoms with E-state index in [-0.39, 0.29) is 5.25 Å². The van der Waals surface area contributed by atoms with E-state index in [2.05, 4.69) is 10.3 Å². The van der Waals surface area contributed by atoms with Gasteiger partial charge in [0.15, 0.2) is 0 Å². The van der Waals surface area contributed by atoms with Crippen LogP contribution in [0.15, 0.2) is 12.3 Å². The van der Waals surface area contributed by atoms with Gasteiger partial charge in [-0.15, -0.1) is 0 Å². The largest absolute Gasteiger partial charge is 0.397 e. The Morgan fingerprint density at radius 3 is 2.87 bits per heavy atom. The van der Waals surface area contributed by atoms with Gasteiger partial charge in [0.1, 0.15) is 5.82 Å². The second-order valence-corrected chi connectivity index (χ2v) is 5.42. The number of hydrogen-bond donors (Lipinski definition) is 2. The molecule has 0 aromatic carbocycles. The molecule has 0 amide bonds. The Balaban J connectivity index is 2.58. The number of hydrogen-bond acceptors (Lipinski definition) is 4. The number of aryl methyl sites for hydroxylation is 1. The molecule has 0 saturated carbocycles. The number of anilines is 2. The molecule has 1 aromatic rings. The first-order chi connectivity index (χ1) is 7.00. The maximum absolute atomic E-state index is 11.1. The maximum Gasteiger partial charge on any atom is 0.126 e. The van der Waals surface area contributed by atoms with Gasteiger partial charge in [-0.25, -0.2) is 4.98 Å². The Labute approximate surface area is 92.7 Å². The summed E-state index contributed by atoms with van der Waals surface area (Å²) in [6, 6.07) is 1.89. The summed E-state index contributed by atoms with van der Waals surface area (Å²) in [5.74, 6) is 0.777. The van der Waals surface area contributed by atoms with Gasteiger partial charge in [0.05, 0.1) is 11.9 Å². The van der Waals surface area contributed by atoms with Crippen molar-refractivity contribution >= 4 is 22.3 Å². The van der Waals surface area contributed by atoms with Crippen molar-refractivity contribution in [3.63, 3.8) is 0 Å². The fourth-order valence-electron chi connectivity index (χ4n) is 1.03. The average Bonchev–Trinajstić information content (AvgIpc) is 2.19. The van der Waals surface area contributed by atoms with Crippen molar-refractivity contribution in [3.05, 3.63) is 17.8 Å². The predicted molar refractivity (Wildman–Crippen MR) is 65.4 cm³/mol. The van der Waals surface area contributed by atoms with Gasteiger partial charge in [-0.2, -0.15) is 0 Å². The SMILES string of the molecule is Cc1cc(NCC(C)S(C)=O)ncc1N. The molecule has 1 rings (SSSR count). The van der Waals surface area contributed by atoms with E-state index < -0.39 is 10.8 Å². The summed E-state index contributed by atoms with van der Waals surface area (Å²) < 4.78 is 11.1. The molecule has 0 aliphatic rings. The molecule has 0 bridgehead atoms. The third-order valence-electron chi connectivity index (χ3n) is 2.29. The molecule has 0 saturated heterocycles. The van der Waals surface area contributed by atoms with Crippen LogP contribution in [0.2, 0.25) is 0 Å². The zero-order valence-electron chi connectivity index (χ0n) is 9.28. The normalized spacial score (nSPS) is 14.6. The van der Waals surface area contributed by atoms with E-state index in [4.69, 9.17) is 5.73 Å². The topological polar surface area (TPSA) is 68.0 Å². The van der Waals surface area contributed by atoms with Crippen LogP contribution in [0.5, 0.6) is 0 Å². The molecule has 1 aromatic heterocycles. The Morgan fingerprint density at radius 2 is 2.33 bits per heavy atom. The second-order valence-electron chi connectivity index (χ2n) is 3.62. The van der Waals surface area contributed by atoms with Gasteiger partial charge in [0.2, 0.25) is 0 Å². The highest BCUT2D eigenvalue weighted by atomic mass is 32.2. The van der Waals surface area contributed by atoms with E-state index in [0.717, 1.165) is 11.4 Å². The maximum atomic E-state index is 11.1. The van der Waals surface area contributed by atoms with Crippen molar-refractivity contribution in [3.8, 4) is 0 Å². The average molecular weight is 227 g/mol. The summed E-state index contributed by atoms with van der Waals surface area (Å²) in [4.78, 5) is 4.14. The monoisotopic (exact) mass is 227 g/mol. The molecule has 0 aliphatic heterocycles. The van der Waals surface area contributed by atoms with Gasteiger partial charge < -0.3 is 11.1 Å². The minimum absolute atomic E-state index is 0.115. The molecular formula is C10H17N3OS. The van der Waals surface area contributed by atoms with Crippen LogP contribution in [0.25, 0.3) is 0 Å². The summed E-state index contributed by atoms with van der Waals surface area (Å²) >= 11 is 0. The van der Waals surface area contributed by atoms with Crippen molar-refractivity contribution in [1.82, 2.24) is 4.98 Å². The Morgan fingerprint density at radius 1 is 1.67 bits per heavy atom. The standard InChI is InChI=1S/C10H17N3OS/c1-7-4-10(13-6-9(7)11)12-5-8(2)15(3)14/h4,6,8H,5,11H2,1-3H3,(H,12,13). The number of nitrogens with two attached hydrogens (primary N) is 1. The van der Waals surface area contributed by atoms with E-state index >= 15 is 0 Å². The first kappa shape index (κ1) is 12.0. The fourth-order valence-corrected chi connectivity index (χ4v) is 1.35. The molecule has 0 spiro atoms. The van der Waals surface area contributed by atoms with Crippen LogP contribution in [0.3, 0.4) is 0 Å². The Kier molecular flexibility index (Phi) is 4.08. The smallest absolute Gasteiger partial charge is 0.126 e. The molecule has 0 aliphatic carbocycles. The molecule has 2 unspecified atom stereocenters. The van der Waals surface area contributed by atoms with Crippen LogP contribution in [-0.4, -0.2) is 27.2 Å². The minimum atomic E-state index is -0.809. The van der Waals surface area contributed by atoms with Crippen molar-refractivity contribution in [1.29, 1.82) is 0 Å². The quantitative estimate of drug-likeness (QED) is 0.809. The molecule has 0 fully saturated rings. The zero-order valence-corrected chi connectivity index (χ0v) is 10.1. The molecule has 4 nitrogen and oxygen atoms in total. The lowest BCUT2D eigenvalue weighted by atomic mass is 10.2. The summed E-state index contributed by atoms with van der Waals surface area (Å²) in [7, 11) is -0.809. The number of nitrogens with zero attached hydrogens (tertiary/aromatic N) is 1. The zero-order chi connectivity index (χ0) is 11.4. The van der Waals surface area contributed by atoms with Gasteiger partial charge in [-0.05, 0) is 25.5 Å². The number of pyridine rings is 1. The predicted octanol–water partition coefficient (Wildman–Crippen LogP) is 1.15. The summed E-state index contributed by atoms with van der Waals surface area (Å²) in [5.41, 5.74) is 7.34. The molecule has 1 heterocycles. The molecule has 15 heavy (non-hydrogen) atoms. The molecule has 2 atom stereocenters. The van der Waals surface area contributed by atoms with Crippen LogP contribution in [-0.2, 0) is 10.8 Å². The van der Waals surface area contributed by atoms with Crippen LogP contribution in [0.4, 0.5) is 11.5 Å². The summed E-state index contributed by atoms with van der Waals surface area (Å²) in [6.07, 6.45) is 3.33. The van der Waals surface area contributed by atoms with Crippen molar-refractivity contribution in [2.45, 2.75) is 19.1 Å². The molecule has 0 radical (unpaired) electrons. The number of nitrogens with one attached hydrogen (secondary N) is 1. The van der Waals surface area contributed by atoms with E-state index in [1.54, 1.807) is 12.5 Å². The van der Waals surface area contributed by atoms with E-state index in [1.807, 2.05) is 19.9 Å². The summed E-state index contributed by atoms with van der Waals surface area (Å²) in [5, 5.41) is 3.25. The molecule has 5 heteroatoms. The Bertz CT molecular complexity index is 368. The van der Waals surface area contributed by atoms with Crippen LogP contribution in [0.1, 0.15) is 12.5 Å². The van der Waals surface area contributed by atoms with Gasteiger partial charge in [0, 0.05) is 28.9 Å². The number of aromatic nitrogens is 1. The lowest BCUT2D eigenvalue weighted by Crippen LogP contribution is -2.21. The summed E-state index contributed by atoms with van der Waals surface area (Å²) in [6.45, 7) is 4.52. The Hall–Kier alpha value is -1.10. The minimum Gasteiger partial charge on any atom is -0.397 e. The third-order valence-corrected chi connectivity index (χ3v) is 3.59. The van der Waals surface area contributed by atoms with Gasteiger partial charge in [0.25, 0.3) is 0 Å². The molecular weight excluding hydrogens is 210 g/mol. The highest BCUT2D eigenvalue weighted by molar-refractivity contribution is 7.84. The first-order valence-corrected chi connectivity index (χ1v) is 6.41. The lowest BCUT2D eigenvalue weighted by molar-refractivity contribution is 0.679. The van der Waals surface area contributed by atoms with Gasteiger partial charge >= 0.3 is 0 Å². The number of nitrogen functional groups attached to an aromatic ring is 1. The van der Waals surface area contributed by atoms with E-state index in [0.29, 0.717) is 12.2 Å². The second kappa shape index (κ2) is 5.11. The van der Waals surface area contributed by atoms with Gasteiger partial charge in [-0.1, -0.05) is 0 Å². The van der Waals surface area contributed by atoms with Crippen LogP contribution < -0.4 is 11.1 Å². The van der Waals surface area contributed by atoms with E-state index in [1.165, 1.54) is 0 Å². The van der Waals surface area contributed by atoms with Crippen molar-refractivity contribution < 1.29 is 4.21 Å². The highest BCUT2D eigenvalue weighted by Gasteiger charge is 2.06. The molecule has 84 valence electrons.